The Balaban J connectivity index is 2.52. The minimum atomic E-state index is 0.132. The topological polar surface area (TPSA) is 39.7 Å². The van der Waals surface area contributed by atoms with E-state index in [0.717, 1.165) is 23.8 Å². The van der Waals surface area contributed by atoms with E-state index in [1.165, 1.54) is 0 Å². The van der Waals surface area contributed by atoms with Gasteiger partial charge in [0.1, 0.15) is 17.2 Å². The van der Waals surface area contributed by atoms with Crippen LogP contribution in [0.1, 0.15) is 27.7 Å². The van der Waals surface area contributed by atoms with Crippen LogP contribution in [0.2, 0.25) is 0 Å². The molecular weight excluding hydrogens is 254 g/mol. The Morgan fingerprint density at radius 2 is 1.50 bits per heavy atom. The lowest BCUT2D eigenvalue weighted by Crippen LogP contribution is -2.39. The fourth-order valence-electron chi connectivity index (χ4n) is 1.64. The normalized spacial score (nSPS) is 12.9. The molecule has 0 bridgehead atoms. The molecule has 1 rings (SSSR count). The van der Waals surface area contributed by atoms with Crippen molar-refractivity contribution < 1.29 is 14.2 Å². The molecule has 0 aromatic heterocycles. The van der Waals surface area contributed by atoms with E-state index in [-0.39, 0.29) is 5.54 Å². The van der Waals surface area contributed by atoms with Crippen molar-refractivity contribution in [1.82, 2.24) is 5.32 Å². The van der Waals surface area contributed by atoms with Crippen molar-refractivity contribution in [2.24, 2.45) is 5.92 Å². The summed E-state index contributed by atoms with van der Waals surface area (Å²) in [6.45, 7) is 10.2. The van der Waals surface area contributed by atoms with E-state index in [1.54, 1.807) is 14.2 Å². The minimum absolute atomic E-state index is 0.132. The molecule has 1 unspecified atom stereocenters. The first-order valence-corrected chi connectivity index (χ1v) is 6.95. The van der Waals surface area contributed by atoms with Crippen molar-refractivity contribution in [2.45, 2.75) is 33.2 Å². The Labute approximate surface area is 122 Å². The lowest BCUT2D eigenvalue weighted by Gasteiger charge is -2.23. The minimum Gasteiger partial charge on any atom is -0.496 e. The van der Waals surface area contributed by atoms with Gasteiger partial charge in [-0.1, -0.05) is 6.92 Å². The number of nitrogens with one attached hydrogen (secondary N) is 1. The number of rotatable bonds is 7. The summed E-state index contributed by atoms with van der Waals surface area (Å²) in [7, 11) is 3.27. The highest BCUT2D eigenvalue weighted by atomic mass is 16.5. The van der Waals surface area contributed by atoms with Crippen LogP contribution < -0.4 is 19.5 Å². The highest BCUT2D eigenvalue weighted by molar-refractivity contribution is 5.41. The Bertz CT molecular complexity index is 390. The Morgan fingerprint density at radius 1 is 1.00 bits per heavy atom. The molecule has 0 saturated carbocycles. The van der Waals surface area contributed by atoms with Crippen LogP contribution >= 0.6 is 0 Å². The first-order chi connectivity index (χ1) is 9.34. The third-order valence-electron chi connectivity index (χ3n) is 2.84. The van der Waals surface area contributed by atoms with Crippen LogP contribution in [0, 0.1) is 5.92 Å². The first kappa shape index (κ1) is 16.6. The van der Waals surface area contributed by atoms with E-state index in [0.29, 0.717) is 12.5 Å². The van der Waals surface area contributed by atoms with E-state index >= 15 is 0 Å². The summed E-state index contributed by atoms with van der Waals surface area (Å²) in [4.78, 5) is 0. The fourth-order valence-corrected chi connectivity index (χ4v) is 1.64. The highest BCUT2D eigenvalue weighted by Gasteiger charge is 2.12. The highest BCUT2D eigenvalue weighted by Crippen LogP contribution is 2.27. The molecule has 0 saturated heterocycles. The van der Waals surface area contributed by atoms with Gasteiger partial charge in [0.25, 0.3) is 0 Å². The van der Waals surface area contributed by atoms with Gasteiger partial charge in [0, 0.05) is 36.2 Å². The summed E-state index contributed by atoms with van der Waals surface area (Å²) < 4.78 is 16.3. The van der Waals surface area contributed by atoms with Crippen LogP contribution in [0.25, 0.3) is 0 Å². The molecule has 0 fully saturated rings. The quantitative estimate of drug-likeness (QED) is 0.833. The summed E-state index contributed by atoms with van der Waals surface area (Å²) in [5.41, 5.74) is 0.132. The molecule has 0 aliphatic heterocycles. The first-order valence-electron chi connectivity index (χ1n) is 6.95. The van der Waals surface area contributed by atoms with Gasteiger partial charge in [-0.05, 0) is 20.8 Å². The van der Waals surface area contributed by atoms with Gasteiger partial charge in [0.05, 0.1) is 20.8 Å². The molecule has 1 N–H and O–H groups in total. The number of benzene rings is 1. The van der Waals surface area contributed by atoms with Crippen molar-refractivity contribution >= 4 is 0 Å². The second kappa shape index (κ2) is 7.39. The molecule has 20 heavy (non-hydrogen) atoms. The van der Waals surface area contributed by atoms with Crippen LogP contribution in [0.3, 0.4) is 0 Å². The summed E-state index contributed by atoms with van der Waals surface area (Å²) >= 11 is 0. The third-order valence-corrected chi connectivity index (χ3v) is 2.84. The monoisotopic (exact) mass is 281 g/mol. The molecule has 1 aromatic rings. The Morgan fingerprint density at radius 3 is 1.95 bits per heavy atom. The maximum absolute atomic E-state index is 5.82. The zero-order valence-corrected chi connectivity index (χ0v) is 13.4. The molecular formula is C16H27NO3. The summed E-state index contributed by atoms with van der Waals surface area (Å²) in [6.07, 6.45) is 0. The molecule has 114 valence electrons. The predicted molar refractivity (Wildman–Crippen MR) is 82.0 cm³/mol. The average Bonchev–Trinajstić information content (AvgIpc) is 2.41. The SMILES string of the molecule is COc1cc(OC)cc(OCC(C)CNC(C)(C)C)c1. The zero-order valence-electron chi connectivity index (χ0n) is 13.4. The van der Waals surface area contributed by atoms with E-state index in [9.17, 15) is 0 Å². The van der Waals surface area contributed by atoms with Crippen LogP contribution in [0.4, 0.5) is 0 Å². The largest absolute Gasteiger partial charge is 0.496 e. The van der Waals surface area contributed by atoms with Crippen LogP contribution in [-0.2, 0) is 0 Å². The molecule has 0 amide bonds. The van der Waals surface area contributed by atoms with Gasteiger partial charge in [0.2, 0.25) is 0 Å². The average molecular weight is 281 g/mol. The number of methoxy groups -OCH3 is 2. The van der Waals surface area contributed by atoms with E-state index in [4.69, 9.17) is 14.2 Å². The van der Waals surface area contributed by atoms with E-state index in [1.807, 2.05) is 18.2 Å². The lowest BCUT2D eigenvalue weighted by atomic mass is 10.1. The van der Waals surface area contributed by atoms with Gasteiger partial charge in [0.15, 0.2) is 0 Å². The molecule has 0 aliphatic rings. The summed E-state index contributed by atoms with van der Waals surface area (Å²) in [5.74, 6) is 2.66. The van der Waals surface area contributed by atoms with Crippen LogP contribution in [0.15, 0.2) is 18.2 Å². The smallest absolute Gasteiger partial charge is 0.126 e. The molecule has 4 heteroatoms. The van der Waals surface area contributed by atoms with Gasteiger partial charge >= 0.3 is 0 Å². The predicted octanol–water partition coefficient (Wildman–Crippen LogP) is 3.11. The molecule has 0 heterocycles. The molecule has 0 radical (unpaired) electrons. The van der Waals surface area contributed by atoms with Crippen molar-refractivity contribution in [3.63, 3.8) is 0 Å². The zero-order chi connectivity index (χ0) is 15.2. The second-order valence-corrected chi connectivity index (χ2v) is 6.10. The molecule has 4 nitrogen and oxygen atoms in total. The number of hydrogen-bond acceptors (Lipinski definition) is 4. The van der Waals surface area contributed by atoms with Crippen molar-refractivity contribution in [3.8, 4) is 17.2 Å². The van der Waals surface area contributed by atoms with Crippen molar-refractivity contribution in [2.75, 3.05) is 27.4 Å². The van der Waals surface area contributed by atoms with Gasteiger partial charge < -0.3 is 19.5 Å². The van der Waals surface area contributed by atoms with E-state index < -0.39 is 0 Å². The Hall–Kier alpha value is -1.42. The molecule has 1 aromatic carbocycles. The van der Waals surface area contributed by atoms with Gasteiger partial charge in [-0.3, -0.25) is 0 Å². The van der Waals surface area contributed by atoms with Gasteiger partial charge in [-0.2, -0.15) is 0 Å². The second-order valence-electron chi connectivity index (χ2n) is 6.10. The molecule has 0 spiro atoms. The van der Waals surface area contributed by atoms with Crippen LogP contribution in [0.5, 0.6) is 17.2 Å². The molecule has 1 atom stereocenters. The fraction of sp³-hybridized carbons (Fsp3) is 0.625. The summed E-state index contributed by atoms with van der Waals surface area (Å²) in [5, 5.41) is 3.47. The summed E-state index contributed by atoms with van der Waals surface area (Å²) in [6, 6.07) is 5.57. The molecule has 0 aliphatic carbocycles. The maximum Gasteiger partial charge on any atom is 0.126 e. The Kier molecular flexibility index (Phi) is 6.14. The maximum atomic E-state index is 5.82. The lowest BCUT2D eigenvalue weighted by molar-refractivity contribution is 0.242. The standard InChI is InChI=1S/C16H27NO3/c1-12(10-17-16(2,3)4)11-20-15-8-13(18-5)7-14(9-15)19-6/h7-9,12,17H,10-11H2,1-6H3. The van der Waals surface area contributed by atoms with Crippen molar-refractivity contribution in [1.29, 1.82) is 0 Å². The number of hydrogen-bond donors (Lipinski definition) is 1. The van der Waals surface area contributed by atoms with Gasteiger partial charge in [-0.25, -0.2) is 0 Å². The van der Waals surface area contributed by atoms with Crippen LogP contribution in [-0.4, -0.2) is 32.9 Å². The third kappa shape index (κ3) is 6.15. The van der Waals surface area contributed by atoms with E-state index in [2.05, 4.69) is 33.0 Å². The van der Waals surface area contributed by atoms with Gasteiger partial charge in [-0.15, -0.1) is 0 Å². The van der Waals surface area contributed by atoms with Crippen molar-refractivity contribution in [3.05, 3.63) is 18.2 Å². The number of ether oxygens (including phenoxy) is 3.